The van der Waals surface area contributed by atoms with E-state index in [1.807, 2.05) is 30.3 Å². The minimum atomic E-state index is 1.05. The summed E-state index contributed by atoms with van der Waals surface area (Å²) in [5, 5.41) is 0. The normalized spacial score (nSPS) is 9.50. The lowest BCUT2D eigenvalue weighted by molar-refractivity contribution is 1.11. The van der Waals surface area contributed by atoms with Gasteiger partial charge in [0.2, 0.25) is 0 Å². The lowest BCUT2D eigenvalue weighted by Gasteiger charge is -2.17. The van der Waals surface area contributed by atoms with E-state index >= 15 is 0 Å². The average molecular weight is 235 g/mol. The lowest BCUT2D eigenvalue weighted by Crippen LogP contribution is -2.11. The summed E-state index contributed by atoms with van der Waals surface area (Å²) in [6.07, 6.45) is 0. The van der Waals surface area contributed by atoms with E-state index in [0.29, 0.717) is 0 Å². The van der Waals surface area contributed by atoms with E-state index in [1.54, 1.807) is 0 Å². The van der Waals surface area contributed by atoms with Crippen LogP contribution in [0.15, 0.2) is 48.5 Å². The second kappa shape index (κ2) is 5.42. The fraction of sp³-hybridized carbons (Fsp3) is 0.176. The van der Waals surface area contributed by atoms with Crippen LogP contribution in [0.2, 0.25) is 0 Å². The number of hydrogen-bond acceptors (Lipinski definition) is 1. The van der Waals surface area contributed by atoms with Crippen LogP contribution >= 0.6 is 0 Å². The predicted octanol–water partition coefficient (Wildman–Crippen LogP) is 3.46. The minimum Gasteiger partial charge on any atom is -0.376 e. The van der Waals surface area contributed by atoms with Crippen molar-refractivity contribution in [2.75, 3.05) is 19.0 Å². The molecule has 0 unspecified atom stereocenters. The Kier molecular flexibility index (Phi) is 3.69. The van der Waals surface area contributed by atoms with Gasteiger partial charge in [-0.15, -0.1) is 0 Å². The van der Waals surface area contributed by atoms with Crippen LogP contribution in [0.25, 0.3) is 0 Å². The molecule has 0 aromatic heterocycles. The van der Waals surface area contributed by atoms with Crippen LogP contribution in [0.4, 0.5) is 5.69 Å². The van der Waals surface area contributed by atoms with Gasteiger partial charge >= 0.3 is 0 Å². The highest BCUT2D eigenvalue weighted by atomic mass is 15.1. The first-order chi connectivity index (χ1) is 8.68. The molecule has 0 radical (unpaired) electrons. The molecule has 0 atom stereocenters. The van der Waals surface area contributed by atoms with E-state index in [-0.39, 0.29) is 0 Å². The molecule has 2 aromatic rings. The van der Waals surface area contributed by atoms with Gasteiger partial charge in [0.15, 0.2) is 0 Å². The Morgan fingerprint density at radius 1 is 0.833 bits per heavy atom. The first kappa shape index (κ1) is 12.3. The Morgan fingerprint density at radius 3 is 2.22 bits per heavy atom. The molecule has 0 saturated heterocycles. The zero-order valence-corrected chi connectivity index (χ0v) is 11.1. The van der Waals surface area contributed by atoms with Gasteiger partial charge in [0.05, 0.1) is 5.69 Å². The van der Waals surface area contributed by atoms with Crippen molar-refractivity contribution < 1.29 is 0 Å². The molecule has 90 valence electrons. The van der Waals surface area contributed by atoms with Gasteiger partial charge < -0.3 is 4.90 Å². The highest BCUT2D eigenvalue weighted by Crippen LogP contribution is 2.22. The Hall–Kier alpha value is -2.20. The molecule has 0 aliphatic heterocycles. The summed E-state index contributed by atoms with van der Waals surface area (Å²) in [5.74, 6) is 6.47. The second-order valence-corrected chi connectivity index (χ2v) is 4.48. The Balaban J connectivity index is 2.42. The van der Waals surface area contributed by atoms with E-state index in [1.165, 1.54) is 11.3 Å². The van der Waals surface area contributed by atoms with Crippen LogP contribution < -0.4 is 4.90 Å². The molecule has 0 saturated carbocycles. The predicted molar refractivity (Wildman–Crippen MR) is 77.9 cm³/mol. The Morgan fingerprint density at radius 2 is 1.56 bits per heavy atom. The van der Waals surface area contributed by atoms with Gasteiger partial charge in [-0.3, -0.25) is 0 Å². The van der Waals surface area contributed by atoms with Crippen molar-refractivity contribution in [1.29, 1.82) is 0 Å². The third-order valence-electron chi connectivity index (χ3n) is 2.80. The number of rotatable bonds is 1. The highest BCUT2D eigenvalue weighted by molar-refractivity contribution is 5.65. The summed E-state index contributed by atoms with van der Waals surface area (Å²) in [6.45, 7) is 2.11. The minimum absolute atomic E-state index is 1.05. The molecule has 0 aliphatic rings. The van der Waals surface area contributed by atoms with E-state index in [9.17, 15) is 0 Å². The van der Waals surface area contributed by atoms with Gasteiger partial charge in [0, 0.05) is 25.2 Å². The second-order valence-electron chi connectivity index (χ2n) is 4.48. The maximum Gasteiger partial charge on any atom is 0.0549 e. The first-order valence-electron chi connectivity index (χ1n) is 6.02. The smallest absolute Gasteiger partial charge is 0.0549 e. The zero-order chi connectivity index (χ0) is 13.0. The van der Waals surface area contributed by atoms with Gasteiger partial charge in [-0.2, -0.15) is 0 Å². The standard InChI is InChI=1S/C17H17N/c1-14-8-7-11-16(17(14)18(2)3)13-12-15-9-5-4-6-10-15/h4-11H,1-3H3. The molecule has 0 heterocycles. The summed E-state index contributed by atoms with van der Waals surface area (Å²) < 4.78 is 0. The van der Waals surface area contributed by atoms with Crippen LogP contribution in [0, 0.1) is 18.8 Å². The topological polar surface area (TPSA) is 3.24 Å². The molecule has 1 nitrogen and oxygen atoms in total. The highest BCUT2D eigenvalue weighted by Gasteiger charge is 2.04. The quantitative estimate of drug-likeness (QED) is 0.684. The van der Waals surface area contributed by atoms with Crippen molar-refractivity contribution in [2.45, 2.75) is 6.92 Å². The molecular weight excluding hydrogens is 218 g/mol. The molecule has 0 fully saturated rings. The van der Waals surface area contributed by atoms with Crippen LogP contribution in [0.3, 0.4) is 0 Å². The fourth-order valence-electron chi connectivity index (χ4n) is 2.01. The number of aryl methyl sites for hydroxylation is 1. The molecular formula is C17H17N. The summed E-state index contributed by atoms with van der Waals surface area (Å²) in [7, 11) is 4.10. The molecule has 0 spiro atoms. The summed E-state index contributed by atoms with van der Waals surface area (Å²) in [5.41, 5.74) is 4.56. The number of nitrogens with zero attached hydrogens (tertiary/aromatic N) is 1. The van der Waals surface area contributed by atoms with Crippen molar-refractivity contribution in [3.05, 3.63) is 65.2 Å². The van der Waals surface area contributed by atoms with Crippen molar-refractivity contribution in [3.63, 3.8) is 0 Å². The first-order valence-corrected chi connectivity index (χ1v) is 6.02. The monoisotopic (exact) mass is 235 g/mol. The zero-order valence-electron chi connectivity index (χ0n) is 11.1. The van der Waals surface area contributed by atoms with Gasteiger partial charge in [0.1, 0.15) is 0 Å². The van der Waals surface area contributed by atoms with E-state index < -0.39 is 0 Å². The van der Waals surface area contributed by atoms with Crippen molar-refractivity contribution in [3.8, 4) is 11.8 Å². The Bertz CT molecular complexity index is 586. The van der Waals surface area contributed by atoms with Crippen molar-refractivity contribution in [1.82, 2.24) is 0 Å². The number of para-hydroxylation sites is 1. The summed E-state index contributed by atoms with van der Waals surface area (Å²) >= 11 is 0. The molecule has 0 aliphatic carbocycles. The van der Waals surface area contributed by atoms with Crippen molar-refractivity contribution >= 4 is 5.69 Å². The average Bonchev–Trinajstić information content (AvgIpc) is 2.37. The summed E-state index contributed by atoms with van der Waals surface area (Å²) in [4.78, 5) is 2.12. The molecule has 1 heteroatoms. The van der Waals surface area contributed by atoms with Crippen LogP contribution in [0.5, 0.6) is 0 Å². The lowest BCUT2D eigenvalue weighted by atomic mass is 10.1. The molecule has 2 rings (SSSR count). The van der Waals surface area contributed by atoms with E-state index in [2.05, 4.69) is 56.0 Å². The van der Waals surface area contributed by atoms with Gasteiger partial charge in [0.25, 0.3) is 0 Å². The maximum absolute atomic E-state index is 3.26. The molecule has 0 bridgehead atoms. The Labute approximate surface area is 109 Å². The SMILES string of the molecule is Cc1cccc(C#Cc2ccccc2)c1N(C)C. The van der Waals surface area contributed by atoms with Crippen LogP contribution in [-0.4, -0.2) is 14.1 Å². The van der Waals surface area contributed by atoms with Gasteiger partial charge in [-0.1, -0.05) is 42.2 Å². The van der Waals surface area contributed by atoms with E-state index in [0.717, 1.165) is 11.1 Å². The summed E-state index contributed by atoms with van der Waals surface area (Å²) in [6, 6.07) is 16.3. The molecule has 18 heavy (non-hydrogen) atoms. The van der Waals surface area contributed by atoms with Gasteiger partial charge in [-0.25, -0.2) is 0 Å². The van der Waals surface area contributed by atoms with Gasteiger partial charge in [-0.05, 0) is 30.7 Å². The van der Waals surface area contributed by atoms with E-state index in [4.69, 9.17) is 0 Å². The number of benzene rings is 2. The molecule has 0 N–H and O–H groups in total. The maximum atomic E-state index is 3.26. The molecule has 0 amide bonds. The molecule has 2 aromatic carbocycles. The third kappa shape index (κ3) is 2.73. The third-order valence-corrected chi connectivity index (χ3v) is 2.80. The number of hydrogen-bond donors (Lipinski definition) is 0. The van der Waals surface area contributed by atoms with Crippen LogP contribution in [0.1, 0.15) is 16.7 Å². The van der Waals surface area contributed by atoms with Crippen LogP contribution in [-0.2, 0) is 0 Å². The van der Waals surface area contributed by atoms with Crippen molar-refractivity contribution in [2.24, 2.45) is 0 Å². The fourth-order valence-corrected chi connectivity index (χ4v) is 2.01. The number of anilines is 1. The largest absolute Gasteiger partial charge is 0.376 e.